The molecular formula is C19H16N4O. The molecule has 0 saturated carbocycles. The summed E-state index contributed by atoms with van der Waals surface area (Å²) in [4.78, 5) is 17.2. The maximum absolute atomic E-state index is 12.8. The quantitative estimate of drug-likeness (QED) is 0.612. The second-order valence-corrected chi connectivity index (χ2v) is 5.81. The van der Waals surface area contributed by atoms with Crippen molar-refractivity contribution < 1.29 is 4.79 Å². The molecule has 0 aliphatic carbocycles. The topological polar surface area (TPSA) is 59.3 Å². The number of rotatable bonds is 2. The largest absolute Gasteiger partial charge is 0.321 e. The third kappa shape index (κ3) is 2.31. The van der Waals surface area contributed by atoms with E-state index in [1.54, 1.807) is 10.7 Å². The summed E-state index contributed by atoms with van der Waals surface area (Å²) in [5, 5.41) is 9.35. The highest BCUT2D eigenvalue weighted by Crippen LogP contribution is 2.24. The van der Waals surface area contributed by atoms with E-state index < -0.39 is 0 Å². The number of carbonyl (C=O) groups is 1. The minimum absolute atomic E-state index is 0.209. The number of carbonyl (C=O) groups excluding carboxylic acids is 1. The van der Waals surface area contributed by atoms with Gasteiger partial charge in [-0.05, 0) is 31.4 Å². The van der Waals surface area contributed by atoms with Crippen LogP contribution in [-0.4, -0.2) is 20.5 Å². The Bertz CT molecular complexity index is 1080. The molecule has 2 heterocycles. The van der Waals surface area contributed by atoms with Crippen LogP contribution in [0.15, 0.2) is 54.7 Å². The SMILES string of the molecule is Cc1cc(C)n2ncc(C(=O)Nc3cccc4ccccc34)c2n1. The first-order valence-corrected chi connectivity index (χ1v) is 7.74. The first-order chi connectivity index (χ1) is 11.6. The van der Waals surface area contributed by atoms with Crippen molar-refractivity contribution in [3.8, 4) is 0 Å². The van der Waals surface area contributed by atoms with Crippen molar-refractivity contribution in [3.05, 3.63) is 71.7 Å². The van der Waals surface area contributed by atoms with E-state index in [9.17, 15) is 4.79 Å². The van der Waals surface area contributed by atoms with Crippen LogP contribution in [0.2, 0.25) is 0 Å². The van der Waals surface area contributed by atoms with Gasteiger partial charge >= 0.3 is 0 Å². The fourth-order valence-electron chi connectivity index (χ4n) is 2.95. The molecule has 0 aliphatic heterocycles. The van der Waals surface area contributed by atoms with Gasteiger partial charge in [-0.25, -0.2) is 9.50 Å². The van der Waals surface area contributed by atoms with Crippen molar-refractivity contribution in [3.63, 3.8) is 0 Å². The highest BCUT2D eigenvalue weighted by Gasteiger charge is 2.16. The monoisotopic (exact) mass is 316 g/mol. The van der Waals surface area contributed by atoms with Gasteiger partial charge in [0.2, 0.25) is 0 Å². The Morgan fingerprint density at radius 3 is 2.75 bits per heavy atom. The maximum Gasteiger partial charge on any atom is 0.261 e. The molecule has 0 atom stereocenters. The molecule has 0 bridgehead atoms. The molecule has 0 saturated heterocycles. The number of benzene rings is 2. The van der Waals surface area contributed by atoms with E-state index in [4.69, 9.17) is 0 Å². The Labute approximate surface area is 139 Å². The minimum atomic E-state index is -0.209. The average molecular weight is 316 g/mol. The van der Waals surface area contributed by atoms with Crippen LogP contribution in [0.25, 0.3) is 16.4 Å². The fraction of sp³-hybridized carbons (Fsp3) is 0.105. The van der Waals surface area contributed by atoms with E-state index in [2.05, 4.69) is 15.4 Å². The van der Waals surface area contributed by atoms with Crippen molar-refractivity contribution in [2.45, 2.75) is 13.8 Å². The lowest BCUT2D eigenvalue weighted by Gasteiger charge is -2.08. The third-order valence-corrected chi connectivity index (χ3v) is 4.06. The van der Waals surface area contributed by atoms with Crippen LogP contribution in [0.1, 0.15) is 21.7 Å². The van der Waals surface area contributed by atoms with Crippen molar-refractivity contribution in [2.24, 2.45) is 0 Å². The summed E-state index contributed by atoms with van der Waals surface area (Å²) in [6, 6.07) is 15.7. The van der Waals surface area contributed by atoms with E-state index in [0.717, 1.165) is 27.8 Å². The van der Waals surface area contributed by atoms with Crippen LogP contribution >= 0.6 is 0 Å². The Hall–Kier alpha value is -3.21. The van der Waals surface area contributed by atoms with E-state index in [1.807, 2.05) is 62.4 Å². The summed E-state index contributed by atoms with van der Waals surface area (Å²) in [5.41, 5.74) is 3.63. The van der Waals surface area contributed by atoms with Gasteiger partial charge in [0.25, 0.3) is 5.91 Å². The second-order valence-electron chi connectivity index (χ2n) is 5.81. The molecule has 0 spiro atoms. The number of amides is 1. The zero-order valence-corrected chi connectivity index (χ0v) is 13.4. The molecular weight excluding hydrogens is 300 g/mol. The number of anilines is 1. The number of nitrogens with zero attached hydrogens (tertiary/aromatic N) is 3. The first kappa shape index (κ1) is 14.4. The lowest BCUT2D eigenvalue weighted by molar-refractivity contribution is 0.102. The molecule has 5 heteroatoms. The second kappa shape index (κ2) is 5.45. The predicted octanol–water partition coefficient (Wildman–Crippen LogP) is 3.75. The number of nitrogens with one attached hydrogen (secondary N) is 1. The van der Waals surface area contributed by atoms with Crippen LogP contribution in [-0.2, 0) is 0 Å². The highest BCUT2D eigenvalue weighted by atomic mass is 16.1. The third-order valence-electron chi connectivity index (χ3n) is 4.06. The van der Waals surface area contributed by atoms with Gasteiger partial charge in [0.1, 0.15) is 5.56 Å². The molecule has 2 aromatic carbocycles. The normalized spacial score (nSPS) is 11.1. The molecule has 5 nitrogen and oxygen atoms in total. The van der Waals surface area contributed by atoms with E-state index >= 15 is 0 Å². The molecule has 0 unspecified atom stereocenters. The van der Waals surface area contributed by atoms with E-state index in [-0.39, 0.29) is 5.91 Å². The predicted molar refractivity (Wildman–Crippen MR) is 94.4 cm³/mol. The summed E-state index contributed by atoms with van der Waals surface area (Å²) in [6.07, 6.45) is 1.56. The van der Waals surface area contributed by atoms with Gasteiger partial charge in [0.05, 0.1) is 6.20 Å². The molecule has 1 N–H and O–H groups in total. The average Bonchev–Trinajstić information content (AvgIpc) is 2.99. The highest BCUT2D eigenvalue weighted by molar-refractivity contribution is 6.11. The lowest BCUT2D eigenvalue weighted by atomic mass is 10.1. The van der Waals surface area contributed by atoms with Gasteiger partial charge < -0.3 is 5.32 Å². The molecule has 2 aromatic heterocycles. The Morgan fingerprint density at radius 1 is 1.08 bits per heavy atom. The summed E-state index contributed by atoms with van der Waals surface area (Å²) >= 11 is 0. The smallest absolute Gasteiger partial charge is 0.261 e. The Kier molecular flexibility index (Phi) is 3.27. The number of fused-ring (bicyclic) bond motifs is 2. The van der Waals surface area contributed by atoms with E-state index in [1.165, 1.54) is 0 Å². The van der Waals surface area contributed by atoms with Gasteiger partial charge in [-0.15, -0.1) is 0 Å². The fourth-order valence-corrected chi connectivity index (χ4v) is 2.95. The lowest BCUT2D eigenvalue weighted by Crippen LogP contribution is -2.12. The standard InChI is InChI=1S/C19H16N4O/c1-12-10-13(2)23-18(21-12)16(11-20-23)19(24)22-17-9-5-7-14-6-3-4-8-15(14)17/h3-11H,1-2H3,(H,22,24). The molecule has 1 amide bonds. The molecule has 0 fully saturated rings. The van der Waals surface area contributed by atoms with E-state index in [0.29, 0.717) is 11.2 Å². The van der Waals surface area contributed by atoms with Crippen LogP contribution in [0.5, 0.6) is 0 Å². The number of hydrogen-bond donors (Lipinski definition) is 1. The molecule has 0 radical (unpaired) electrons. The Morgan fingerprint density at radius 2 is 1.88 bits per heavy atom. The van der Waals surface area contributed by atoms with Crippen LogP contribution in [0, 0.1) is 13.8 Å². The molecule has 0 aliphatic rings. The number of aryl methyl sites for hydroxylation is 2. The van der Waals surface area contributed by atoms with Gasteiger partial charge in [-0.2, -0.15) is 5.10 Å². The van der Waals surface area contributed by atoms with Gasteiger partial charge in [-0.3, -0.25) is 4.79 Å². The first-order valence-electron chi connectivity index (χ1n) is 7.74. The molecule has 24 heavy (non-hydrogen) atoms. The van der Waals surface area contributed by atoms with Crippen molar-refractivity contribution in [1.29, 1.82) is 0 Å². The summed E-state index contributed by atoms with van der Waals surface area (Å²) in [7, 11) is 0. The summed E-state index contributed by atoms with van der Waals surface area (Å²) < 4.78 is 1.69. The molecule has 4 aromatic rings. The van der Waals surface area contributed by atoms with Gasteiger partial charge in [0, 0.05) is 22.5 Å². The van der Waals surface area contributed by atoms with Crippen LogP contribution in [0.3, 0.4) is 0 Å². The summed E-state index contributed by atoms with van der Waals surface area (Å²) in [5.74, 6) is -0.209. The van der Waals surface area contributed by atoms with Gasteiger partial charge in [0.15, 0.2) is 5.65 Å². The number of aromatic nitrogens is 3. The van der Waals surface area contributed by atoms with Crippen molar-refractivity contribution >= 4 is 28.0 Å². The van der Waals surface area contributed by atoms with Crippen LogP contribution in [0.4, 0.5) is 5.69 Å². The molecule has 118 valence electrons. The van der Waals surface area contributed by atoms with Gasteiger partial charge in [-0.1, -0.05) is 36.4 Å². The van der Waals surface area contributed by atoms with Crippen molar-refractivity contribution in [1.82, 2.24) is 14.6 Å². The Balaban J connectivity index is 1.77. The van der Waals surface area contributed by atoms with Crippen molar-refractivity contribution in [2.75, 3.05) is 5.32 Å². The van der Waals surface area contributed by atoms with Crippen LogP contribution < -0.4 is 5.32 Å². The molecule has 4 rings (SSSR count). The maximum atomic E-state index is 12.8. The zero-order chi connectivity index (χ0) is 16.7. The minimum Gasteiger partial charge on any atom is -0.321 e. The summed E-state index contributed by atoms with van der Waals surface area (Å²) in [6.45, 7) is 3.85. The zero-order valence-electron chi connectivity index (χ0n) is 13.4. The number of hydrogen-bond acceptors (Lipinski definition) is 3.